The van der Waals surface area contributed by atoms with Crippen molar-refractivity contribution in [1.29, 1.82) is 0 Å². The summed E-state index contributed by atoms with van der Waals surface area (Å²) < 4.78 is 10.5. The molecule has 0 aliphatic carbocycles. The maximum absolute atomic E-state index is 12.3. The van der Waals surface area contributed by atoms with Gasteiger partial charge in [-0.05, 0) is 56.2 Å². The van der Waals surface area contributed by atoms with Gasteiger partial charge in [0.1, 0.15) is 28.9 Å². The number of carbonyl (C=O) groups excluding carboxylic acids is 3. The molecule has 2 aromatic carbocycles. The van der Waals surface area contributed by atoms with Crippen molar-refractivity contribution >= 4 is 17.7 Å². The molecule has 0 saturated heterocycles. The Morgan fingerprint density at radius 2 is 1.62 bits per heavy atom. The van der Waals surface area contributed by atoms with Gasteiger partial charge in [-0.3, -0.25) is 14.4 Å². The van der Waals surface area contributed by atoms with E-state index in [9.17, 15) is 19.5 Å². The number of para-hydroxylation sites is 1. The molecule has 26 heavy (non-hydrogen) atoms. The van der Waals surface area contributed by atoms with Gasteiger partial charge in [0.25, 0.3) is 0 Å². The Morgan fingerprint density at radius 3 is 2.23 bits per heavy atom. The quantitative estimate of drug-likeness (QED) is 0.486. The van der Waals surface area contributed by atoms with Gasteiger partial charge in [-0.25, -0.2) is 0 Å². The summed E-state index contributed by atoms with van der Waals surface area (Å²) in [4.78, 5) is 36.3. The van der Waals surface area contributed by atoms with Gasteiger partial charge in [-0.2, -0.15) is 0 Å². The lowest BCUT2D eigenvalue weighted by molar-refractivity contribution is -0.149. The zero-order valence-electron chi connectivity index (χ0n) is 14.8. The van der Waals surface area contributed by atoms with Crippen molar-refractivity contribution in [2.75, 3.05) is 0 Å². The molecule has 0 aromatic heterocycles. The van der Waals surface area contributed by atoms with Gasteiger partial charge in [0.15, 0.2) is 0 Å². The van der Waals surface area contributed by atoms with Gasteiger partial charge in [0, 0.05) is 0 Å². The van der Waals surface area contributed by atoms with Crippen molar-refractivity contribution in [3.63, 3.8) is 0 Å². The topological polar surface area (TPSA) is 89.9 Å². The van der Waals surface area contributed by atoms with E-state index in [0.717, 1.165) is 5.56 Å². The maximum Gasteiger partial charge on any atom is 0.322 e. The number of benzene rings is 2. The molecule has 0 spiro atoms. The normalized spacial score (nSPS) is 11.5. The van der Waals surface area contributed by atoms with E-state index < -0.39 is 30.1 Å². The third-order valence-electron chi connectivity index (χ3n) is 3.83. The van der Waals surface area contributed by atoms with Crippen LogP contribution in [0.4, 0.5) is 0 Å². The van der Waals surface area contributed by atoms with Crippen LogP contribution >= 0.6 is 0 Å². The molecule has 0 aliphatic heterocycles. The molecule has 0 bridgehead atoms. The Morgan fingerprint density at radius 1 is 0.962 bits per heavy atom. The molecular formula is C20H20O6. The Balaban J connectivity index is 2.07. The van der Waals surface area contributed by atoms with E-state index in [4.69, 9.17) is 9.47 Å². The van der Waals surface area contributed by atoms with Crippen molar-refractivity contribution < 1.29 is 29.0 Å². The standard InChI is InChI=1S/C20H20O6/c1-12-6-4-5-7-17(12)26-20(24)16(14(3)21)11-19(23)25-18-9-8-15(22)10-13(18)2/h4-10,16,22H,11H2,1-3H3. The van der Waals surface area contributed by atoms with E-state index in [1.807, 2.05) is 0 Å². The molecule has 0 saturated carbocycles. The number of ketones is 1. The number of rotatable bonds is 6. The third-order valence-corrected chi connectivity index (χ3v) is 3.83. The molecular weight excluding hydrogens is 336 g/mol. The Bertz CT molecular complexity index is 840. The van der Waals surface area contributed by atoms with Gasteiger partial charge in [0.2, 0.25) is 0 Å². The zero-order chi connectivity index (χ0) is 19.3. The average molecular weight is 356 g/mol. The molecule has 2 aromatic rings. The number of aromatic hydroxyl groups is 1. The van der Waals surface area contributed by atoms with Crippen LogP contribution in [0.5, 0.6) is 17.2 Å². The summed E-state index contributed by atoms with van der Waals surface area (Å²) >= 11 is 0. The number of carbonyl (C=O) groups is 3. The summed E-state index contributed by atoms with van der Waals surface area (Å²) in [6.45, 7) is 4.66. The highest BCUT2D eigenvalue weighted by atomic mass is 16.5. The monoisotopic (exact) mass is 356 g/mol. The zero-order valence-corrected chi connectivity index (χ0v) is 14.8. The molecule has 0 radical (unpaired) electrons. The summed E-state index contributed by atoms with van der Waals surface area (Å²) in [5.74, 6) is -2.63. The summed E-state index contributed by atoms with van der Waals surface area (Å²) in [5.41, 5.74) is 1.30. The maximum atomic E-state index is 12.3. The molecule has 1 atom stereocenters. The van der Waals surface area contributed by atoms with Crippen LogP contribution in [0, 0.1) is 19.8 Å². The first-order chi connectivity index (χ1) is 12.3. The lowest BCUT2D eigenvalue weighted by Gasteiger charge is -2.14. The number of phenols is 1. The minimum Gasteiger partial charge on any atom is -0.508 e. The van der Waals surface area contributed by atoms with Gasteiger partial charge in [-0.15, -0.1) is 0 Å². The van der Waals surface area contributed by atoms with E-state index in [1.54, 1.807) is 38.1 Å². The molecule has 0 fully saturated rings. The smallest absolute Gasteiger partial charge is 0.322 e. The van der Waals surface area contributed by atoms with Crippen LogP contribution in [0.2, 0.25) is 0 Å². The van der Waals surface area contributed by atoms with Crippen LogP contribution in [0.1, 0.15) is 24.5 Å². The SMILES string of the molecule is CC(=O)C(CC(=O)Oc1ccc(O)cc1C)C(=O)Oc1ccccc1C. The molecule has 0 amide bonds. The van der Waals surface area contributed by atoms with Crippen LogP contribution in [-0.4, -0.2) is 22.8 Å². The van der Waals surface area contributed by atoms with Gasteiger partial charge >= 0.3 is 11.9 Å². The highest BCUT2D eigenvalue weighted by molar-refractivity contribution is 6.01. The number of hydrogen-bond acceptors (Lipinski definition) is 6. The van der Waals surface area contributed by atoms with E-state index in [-0.39, 0.29) is 11.5 Å². The minimum atomic E-state index is -1.25. The van der Waals surface area contributed by atoms with Crippen LogP contribution < -0.4 is 9.47 Å². The molecule has 0 aliphatic rings. The second-order valence-corrected chi connectivity index (χ2v) is 5.98. The second kappa shape index (κ2) is 8.29. The Kier molecular flexibility index (Phi) is 6.11. The lowest BCUT2D eigenvalue weighted by atomic mass is 10.0. The number of Topliss-reactive ketones (excluding diaryl/α,β-unsaturated/α-hetero) is 1. The van der Waals surface area contributed by atoms with Gasteiger partial charge in [-0.1, -0.05) is 18.2 Å². The Labute approximate surface area is 151 Å². The minimum absolute atomic E-state index is 0.0470. The molecule has 6 nitrogen and oxygen atoms in total. The first-order valence-corrected chi connectivity index (χ1v) is 8.06. The van der Waals surface area contributed by atoms with E-state index in [2.05, 4.69) is 0 Å². The fourth-order valence-electron chi connectivity index (χ4n) is 2.32. The van der Waals surface area contributed by atoms with E-state index in [1.165, 1.54) is 25.1 Å². The Hall–Kier alpha value is -3.15. The molecule has 1 unspecified atom stereocenters. The highest BCUT2D eigenvalue weighted by Gasteiger charge is 2.29. The van der Waals surface area contributed by atoms with Crippen LogP contribution in [0.3, 0.4) is 0 Å². The molecule has 0 heterocycles. The second-order valence-electron chi connectivity index (χ2n) is 5.98. The van der Waals surface area contributed by atoms with Crippen molar-refractivity contribution in [3.8, 4) is 17.2 Å². The van der Waals surface area contributed by atoms with E-state index >= 15 is 0 Å². The predicted molar refractivity (Wildman–Crippen MR) is 94.1 cm³/mol. The first-order valence-electron chi connectivity index (χ1n) is 8.06. The van der Waals surface area contributed by atoms with E-state index in [0.29, 0.717) is 11.3 Å². The number of aryl methyl sites for hydroxylation is 2. The van der Waals surface area contributed by atoms with Crippen molar-refractivity contribution in [1.82, 2.24) is 0 Å². The summed E-state index contributed by atoms with van der Waals surface area (Å²) in [7, 11) is 0. The fraction of sp³-hybridized carbons (Fsp3) is 0.250. The predicted octanol–water partition coefficient (Wildman–Crippen LogP) is 3.12. The summed E-state index contributed by atoms with van der Waals surface area (Å²) in [6, 6.07) is 11.2. The average Bonchev–Trinajstić information content (AvgIpc) is 2.57. The summed E-state index contributed by atoms with van der Waals surface area (Å²) in [5, 5.41) is 9.38. The van der Waals surface area contributed by atoms with Crippen LogP contribution in [0.15, 0.2) is 42.5 Å². The van der Waals surface area contributed by atoms with Crippen LogP contribution in [0.25, 0.3) is 0 Å². The number of esters is 2. The molecule has 136 valence electrons. The fourth-order valence-corrected chi connectivity index (χ4v) is 2.32. The highest BCUT2D eigenvalue weighted by Crippen LogP contribution is 2.24. The molecule has 1 N–H and O–H groups in total. The van der Waals surface area contributed by atoms with Crippen molar-refractivity contribution in [3.05, 3.63) is 53.6 Å². The molecule has 6 heteroatoms. The number of phenolic OH excluding ortho intramolecular Hbond substituents is 1. The molecule has 2 rings (SSSR count). The third kappa shape index (κ3) is 4.92. The number of hydrogen-bond donors (Lipinski definition) is 1. The van der Waals surface area contributed by atoms with Crippen molar-refractivity contribution in [2.45, 2.75) is 27.2 Å². The van der Waals surface area contributed by atoms with Gasteiger partial charge < -0.3 is 14.6 Å². The first kappa shape index (κ1) is 19.2. The number of ether oxygens (including phenoxy) is 2. The van der Waals surface area contributed by atoms with Crippen molar-refractivity contribution in [2.24, 2.45) is 5.92 Å². The summed E-state index contributed by atoms with van der Waals surface area (Å²) in [6.07, 6.45) is -0.430. The van der Waals surface area contributed by atoms with Crippen LogP contribution in [-0.2, 0) is 14.4 Å². The van der Waals surface area contributed by atoms with Gasteiger partial charge in [0.05, 0.1) is 6.42 Å². The lowest BCUT2D eigenvalue weighted by Crippen LogP contribution is -2.30. The largest absolute Gasteiger partial charge is 0.508 e.